The second-order valence-corrected chi connectivity index (χ2v) is 12.9. The van der Waals surface area contributed by atoms with Crippen LogP contribution in [0.25, 0.3) is 0 Å². The van der Waals surface area contributed by atoms with Gasteiger partial charge in [0, 0.05) is 25.7 Å². The Balaban J connectivity index is 1.12. The number of carbonyl (C=O) groups excluding carboxylic acids is 1. The van der Waals surface area contributed by atoms with Gasteiger partial charge in [-0.1, -0.05) is 0 Å². The van der Waals surface area contributed by atoms with E-state index in [2.05, 4.69) is 6.92 Å². The summed E-state index contributed by atoms with van der Waals surface area (Å²) < 4.78 is 50.0. The summed E-state index contributed by atoms with van der Waals surface area (Å²) in [4.78, 5) is 12.2. The number of fused-ring (bicyclic) bond motifs is 5. The van der Waals surface area contributed by atoms with Gasteiger partial charge in [0.2, 0.25) is 0 Å². The summed E-state index contributed by atoms with van der Waals surface area (Å²) in [5, 5.41) is 11.1. The Morgan fingerprint density at radius 3 is 2.05 bits per heavy atom. The fourth-order valence-corrected chi connectivity index (χ4v) is 7.22. The number of rotatable bonds is 3. The fraction of sp³-hybridized carbons (Fsp3) is 0.964. The van der Waals surface area contributed by atoms with Crippen LogP contribution >= 0.6 is 0 Å². The van der Waals surface area contributed by atoms with E-state index in [-0.39, 0.29) is 67.3 Å². The number of hydrogen-bond donors (Lipinski definition) is 1. The molecule has 6 aliphatic rings. The molecule has 0 bridgehead atoms. The van der Waals surface area contributed by atoms with Crippen LogP contribution in [-0.4, -0.2) is 102 Å². The first-order chi connectivity index (χ1) is 17.9. The lowest BCUT2D eigenvalue weighted by atomic mass is 9.81. The van der Waals surface area contributed by atoms with Gasteiger partial charge in [-0.25, -0.2) is 0 Å². The maximum Gasteiger partial charge on any atom is 0.308 e. The van der Waals surface area contributed by atoms with E-state index >= 15 is 0 Å². The minimum absolute atomic E-state index is 0.0162. The lowest BCUT2D eigenvalue weighted by Gasteiger charge is -2.57. The first-order valence-electron chi connectivity index (χ1n) is 14.4. The largest absolute Gasteiger partial charge is 0.466 e. The SMILES string of the molecule is CCOC(=O)C[C@@H]1O[C@@H]2C[C@@H]3O[C@@H]4C[C@@H]5O[C@]6(C)COC(C)(C)O[C@H]6C[C@H]5O[C@H]4C[C@H]3O[C@H]2CC[C@@]1(C)O. The molecule has 6 rings (SSSR count). The van der Waals surface area contributed by atoms with E-state index < -0.39 is 23.1 Å². The Bertz CT molecular complexity index is 893. The third-order valence-electron chi connectivity index (χ3n) is 9.41. The highest BCUT2D eigenvalue weighted by molar-refractivity contribution is 5.70. The number of hydrogen-bond acceptors (Lipinski definition) is 10. The average molecular weight is 541 g/mol. The zero-order valence-corrected chi connectivity index (χ0v) is 23.3. The molecule has 6 heterocycles. The summed E-state index contributed by atoms with van der Waals surface area (Å²) in [6, 6.07) is 0. The van der Waals surface area contributed by atoms with Crippen molar-refractivity contribution in [3.8, 4) is 0 Å². The fourth-order valence-electron chi connectivity index (χ4n) is 7.22. The Morgan fingerprint density at radius 1 is 0.816 bits per heavy atom. The van der Waals surface area contributed by atoms with Gasteiger partial charge in [0.05, 0.1) is 86.3 Å². The molecule has 0 aromatic heterocycles. The third-order valence-corrected chi connectivity index (χ3v) is 9.41. The van der Waals surface area contributed by atoms with Crippen LogP contribution in [0.4, 0.5) is 0 Å². The molecule has 0 aromatic carbocycles. The molecule has 10 heteroatoms. The van der Waals surface area contributed by atoms with Crippen molar-refractivity contribution < 1.29 is 47.8 Å². The Labute approximate surface area is 224 Å². The minimum Gasteiger partial charge on any atom is -0.466 e. The minimum atomic E-state index is -1.14. The van der Waals surface area contributed by atoms with Crippen LogP contribution in [0, 0.1) is 0 Å². The second-order valence-electron chi connectivity index (χ2n) is 12.9. The molecule has 6 fully saturated rings. The van der Waals surface area contributed by atoms with Crippen molar-refractivity contribution in [2.45, 2.75) is 158 Å². The van der Waals surface area contributed by atoms with Crippen molar-refractivity contribution in [3.63, 3.8) is 0 Å². The molecule has 12 atom stereocenters. The Kier molecular flexibility index (Phi) is 7.12. The smallest absolute Gasteiger partial charge is 0.308 e. The Morgan fingerprint density at radius 2 is 1.39 bits per heavy atom. The summed E-state index contributed by atoms with van der Waals surface area (Å²) in [7, 11) is 0. The predicted octanol–water partition coefficient (Wildman–Crippen LogP) is 2.41. The summed E-state index contributed by atoms with van der Waals surface area (Å²) in [6.07, 6.45) is 2.37. The molecule has 0 amide bonds. The molecule has 38 heavy (non-hydrogen) atoms. The van der Waals surface area contributed by atoms with Crippen molar-refractivity contribution in [1.82, 2.24) is 0 Å². The van der Waals surface area contributed by atoms with E-state index in [1.54, 1.807) is 13.8 Å². The molecule has 0 radical (unpaired) electrons. The van der Waals surface area contributed by atoms with Gasteiger partial charge in [0.1, 0.15) is 5.60 Å². The highest BCUT2D eigenvalue weighted by Crippen LogP contribution is 2.47. The topological polar surface area (TPSA) is 111 Å². The molecule has 0 aliphatic carbocycles. The Hall–Kier alpha value is -0.850. The summed E-state index contributed by atoms with van der Waals surface area (Å²) >= 11 is 0. The second kappa shape index (κ2) is 9.91. The standard InChI is InChI=1S/C28H44O10/c1-6-31-25(29)13-23-27(4,30)8-7-15-16(36-23)9-18-17(33-15)10-19-20(34-18)11-22-21(35-19)12-24-28(5,37-22)14-32-26(2,3)38-24/h15-24,30H,6-14H2,1-5H3/t15-,16+,17+,18-,19-,20+,21+,22-,23-,24-,27+,28+/m0/s1. The maximum absolute atomic E-state index is 12.2. The molecule has 10 nitrogen and oxygen atoms in total. The van der Waals surface area contributed by atoms with Gasteiger partial charge in [-0.3, -0.25) is 4.79 Å². The van der Waals surface area contributed by atoms with Gasteiger partial charge in [-0.15, -0.1) is 0 Å². The normalized spacial score (nSPS) is 51.7. The van der Waals surface area contributed by atoms with Crippen molar-refractivity contribution >= 4 is 5.97 Å². The van der Waals surface area contributed by atoms with Crippen molar-refractivity contribution in [2.24, 2.45) is 0 Å². The zero-order valence-electron chi connectivity index (χ0n) is 23.3. The van der Waals surface area contributed by atoms with E-state index in [0.717, 1.165) is 19.3 Å². The number of aliphatic hydroxyl groups is 1. The van der Waals surface area contributed by atoms with Crippen LogP contribution in [0.3, 0.4) is 0 Å². The quantitative estimate of drug-likeness (QED) is 0.536. The van der Waals surface area contributed by atoms with Gasteiger partial charge >= 0.3 is 5.97 Å². The highest BCUT2D eigenvalue weighted by Gasteiger charge is 2.58. The van der Waals surface area contributed by atoms with Gasteiger partial charge in [0.25, 0.3) is 0 Å². The van der Waals surface area contributed by atoms with E-state index in [0.29, 0.717) is 32.5 Å². The van der Waals surface area contributed by atoms with Crippen LogP contribution in [0.1, 0.15) is 79.6 Å². The van der Waals surface area contributed by atoms with Crippen LogP contribution in [-0.2, 0) is 42.7 Å². The van der Waals surface area contributed by atoms with Crippen molar-refractivity contribution in [2.75, 3.05) is 13.2 Å². The first kappa shape index (κ1) is 27.3. The number of esters is 1. The van der Waals surface area contributed by atoms with Crippen LogP contribution < -0.4 is 0 Å². The van der Waals surface area contributed by atoms with Crippen molar-refractivity contribution in [3.05, 3.63) is 0 Å². The van der Waals surface area contributed by atoms with Crippen LogP contribution in [0.2, 0.25) is 0 Å². The van der Waals surface area contributed by atoms with E-state index in [9.17, 15) is 9.90 Å². The molecular formula is C28H44O10. The van der Waals surface area contributed by atoms with E-state index in [1.807, 2.05) is 13.8 Å². The molecule has 0 unspecified atom stereocenters. The van der Waals surface area contributed by atoms with Gasteiger partial charge in [-0.05, 0) is 47.5 Å². The third kappa shape index (κ3) is 5.16. The van der Waals surface area contributed by atoms with Crippen LogP contribution in [0.5, 0.6) is 0 Å². The first-order valence-corrected chi connectivity index (χ1v) is 14.4. The molecule has 6 aliphatic heterocycles. The summed E-state index contributed by atoms with van der Waals surface area (Å²) in [6.45, 7) is 10.2. The average Bonchev–Trinajstić information content (AvgIpc) is 2.95. The predicted molar refractivity (Wildman–Crippen MR) is 132 cm³/mol. The van der Waals surface area contributed by atoms with Crippen molar-refractivity contribution in [1.29, 1.82) is 0 Å². The molecule has 0 aromatic rings. The zero-order chi connectivity index (χ0) is 26.9. The summed E-state index contributed by atoms with van der Waals surface area (Å²) in [5.41, 5.74) is -1.65. The highest BCUT2D eigenvalue weighted by atomic mass is 16.7. The molecule has 1 N–H and O–H groups in total. The lowest BCUT2D eigenvalue weighted by Crippen LogP contribution is -2.67. The monoisotopic (exact) mass is 540 g/mol. The molecule has 216 valence electrons. The molecule has 0 saturated carbocycles. The summed E-state index contributed by atoms with van der Waals surface area (Å²) in [5.74, 6) is -0.997. The van der Waals surface area contributed by atoms with Gasteiger partial charge in [-0.2, -0.15) is 0 Å². The van der Waals surface area contributed by atoms with Gasteiger partial charge < -0.3 is 43.0 Å². The molecular weight excluding hydrogens is 496 g/mol. The number of ether oxygens (including phenoxy) is 8. The van der Waals surface area contributed by atoms with E-state index in [4.69, 9.17) is 37.9 Å². The maximum atomic E-state index is 12.2. The molecule has 0 spiro atoms. The molecule has 6 saturated heterocycles. The van der Waals surface area contributed by atoms with Crippen LogP contribution in [0.15, 0.2) is 0 Å². The van der Waals surface area contributed by atoms with E-state index in [1.165, 1.54) is 0 Å². The lowest BCUT2D eigenvalue weighted by molar-refractivity contribution is -0.384. The number of carbonyl (C=O) groups is 1. The van der Waals surface area contributed by atoms with Gasteiger partial charge in [0.15, 0.2) is 5.79 Å².